The number of aromatic nitrogens is 2. The first-order chi connectivity index (χ1) is 10.0. The molecule has 2 rings (SSSR count). The van der Waals surface area contributed by atoms with Crippen LogP contribution in [0.2, 0.25) is 0 Å². The van der Waals surface area contributed by atoms with Gasteiger partial charge in [-0.2, -0.15) is 0 Å². The van der Waals surface area contributed by atoms with Gasteiger partial charge in [0, 0.05) is 5.56 Å². The first-order valence-corrected chi connectivity index (χ1v) is 8.06. The SMILES string of the molecule is CNC(c1ccccc1OC(C)C)c1snnc1C(C)C. The number of rotatable bonds is 6. The molecule has 0 aliphatic heterocycles. The van der Waals surface area contributed by atoms with E-state index in [1.807, 2.05) is 39.1 Å². The van der Waals surface area contributed by atoms with Crippen LogP contribution in [-0.2, 0) is 0 Å². The van der Waals surface area contributed by atoms with E-state index >= 15 is 0 Å². The highest BCUT2D eigenvalue weighted by molar-refractivity contribution is 7.05. The highest BCUT2D eigenvalue weighted by Gasteiger charge is 2.24. The van der Waals surface area contributed by atoms with Crippen molar-refractivity contribution in [3.63, 3.8) is 0 Å². The Balaban J connectivity index is 2.44. The van der Waals surface area contributed by atoms with E-state index in [0.29, 0.717) is 5.92 Å². The number of ether oxygens (including phenoxy) is 1. The molecule has 0 fully saturated rings. The van der Waals surface area contributed by atoms with Crippen LogP contribution in [0.1, 0.15) is 55.8 Å². The van der Waals surface area contributed by atoms with Crippen molar-refractivity contribution < 1.29 is 4.74 Å². The average molecular weight is 305 g/mol. The smallest absolute Gasteiger partial charge is 0.124 e. The van der Waals surface area contributed by atoms with Crippen LogP contribution in [0.3, 0.4) is 0 Å². The van der Waals surface area contributed by atoms with Gasteiger partial charge >= 0.3 is 0 Å². The fraction of sp³-hybridized carbons (Fsp3) is 0.500. The molecule has 0 spiro atoms. The van der Waals surface area contributed by atoms with Gasteiger partial charge in [-0.25, -0.2) is 0 Å². The molecule has 1 aromatic carbocycles. The minimum Gasteiger partial charge on any atom is -0.491 e. The maximum atomic E-state index is 5.95. The van der Waals surface area contributed by atoms with Crippen molar-refractivity contribution in [1.82, 2.24) is 14.9 Å². The van der Waals surface area contributed by atoms with Crippen LogP contribution in [0.4, 0.5) is 0 Å². The second-order valence-corrected chi connectivity index (χ2v) is 6.39. The van der Waals surface area contributed by atoms with Crippen molar-refractivity contribution in [2.45, 2.75) is 45.8 Å². The molecule has 21 heavy (non-hydrogen) atoms. The van der Waals surface area contributed by atoms with Crippen molar-refractivity contribution >= 4 is 11.5 Å². The lowest BCUT2D eigenvalue weighted by molar-refractivity contribution is 0.239. The largest absolute Gasteiger partial charge is 0.491 e. The van der Waals surface area contributed by atoms with Crippen LogP contribution in [-0.4, -0.2) is 22.7 Å². The third kappa shape index (κ3) is 3.60. The molecule has 2 aromatic rings. The van der Waals surface area contributed by atoms with Gasteiger partial charge in [0.1, 0.15) is 5.75 Å². The second kappa shape index (κ2) is 7.00. The zero-order valence-corrected chi connectivity index (χ0v) is 14.1. The first-order valence-electron chi connectivity index (χ1n) is 7.29. The zero-order valence-electron chi connectivity index (χ0n) is 13.3. The lowest BCUT2D eigenvalue weighted by Gasteiger charge is -2.21. The van der Waals surface area contributed by atoms with E-state index in [1.54, 1.807) is 0 Å². The van der Waals surface area contributed by atoms with Crippen LogP contribution >= 0.6 is 11.5 Å². The van der Waals surface area contributed by atoms with Crippen molar-refractivity contribution in [3.05, 3.63) is 40.4 Å². The summed E-state index contributed by atoms with van der Waals surface area (Å²) in [5.74, 6) is 1.27. The van der Waals surface area contributed by atoms with Gasteiger partial charge in [0.15, 0.2) is 0 Å². The normalized spacial score (nSPS) is 12.9. The summed E-state index contributed by atoms with van der Waals surface area (Å²) in [5.41, 5.74) is 2.18. The molecule has 0 radical (unpaired) electrons. The van der Waals surface area contributed by atoms with Gasteiger partial charge in [-0.05, 0) is 44.4 Å². The summed E-state index contributed by atoms with van der Waals surface area (Å²) in [4.78, 5) is 1.16. The van der Waals surface area contributed by atoms with Crippen LogP contribution in [0.25, 0.3) is 0 Å². The minimum atomic E-state index is 0.0531. The van der Waals surface area contributed by atoms with Crippen molar-refractivity contribution in [1.29, 1.82) is 0 Å². The molecule has 114 valence electrons. The summed E-state index contributed by atoms with van der Waals surface area (Å²) < 4.78 is 10.1. The fourth-order valence-electron chi connectivity index (χ4n) is 2.31. The van der Waals surface area contributed by atoms with E-state index in [2.05, 4.69) is 34.8 Å². The zero-order chi connectivity index (χ0) is 15.4. The summed E-state index contributed by atoms with van der Waals surface area (Å²) in [5, 5.41) is 7.67. The Kier molecular flexibility index (Phi) is 5.31. The van der Waals surface area contributed by atoms with Crippen LogP contribution < -0.4 is 10.1 Å². The molecule has 0 aliphatic carbocycles. The Labute approximate surface area is 130 Å². The average Bonchev–Trinajstić information content (AvgIpc) is 2.90. The summed E-state index contributed by atoms with van der Waals surface area (Å²) in [6.07, 6.45) is 0.146. The first kappa shape index (κ1) is 15.9. The Morgan fingerprint density at radius 1 is 1.14 bits per heavy atom. The highest BCUT2D eigenvalue weighted by atomic mass is 32.1. The van der Waals surface area contributed by atoms with Gasteiger partial charge in [-0.1, -0.05) is 36.5 Å². The van der Waals surface area contributed by atoms with E-state index in [-0.39, 0.29) is 12.1 Å². The molecule has 0 amide bonds. The van der Waals surface area contributed by atoms with E-state index in [0.717, 1.165) is 21.9 Å². The van der Waals surface area contributed by atoms with E-state index < -0.39 is 0 Å². The molecule has 0 aliphatic rings. The predicted octanol–water partition coefficient (Wildman–Crippen LogP) is 3.76. The lowest BCUT2D eigenvalue weighted by atomic mass is 9.99. The van der Waals surface area contributed by atoms with E-state index in [9.17, 15) is 0 Å². The Morgan fingerprint density at radius 2 is 1.86 bits per heavy atom. The molecule has 0 bridgehead atoms. The fourth-order valence-corrected chi connectivity index (χ4v) is 3.25. The molecule has 0 saturated heterocycles. The molecular formula is C16H23N3OS. The van der Waals surface area contributed by atoms with Gasteiger partial charge < -0.3 is 10.1 Å². The maximum absolute atomic E-state index is 5.95. The number of hydrogen-bond donors (Lipinski definition) is 1. The molecule has 1 heterocycles. The molecule has 1 aromatic heterocycles. The van der Waals surface area contributed by atoms with Gasteiger partial charge in [0.25, 0.3) is 0 Å². The number of nitrogens with one attached hydrogen (secondary N) is 1. The van der Waals surface area contributed by atoms with Crippen molar-refractivity contribution in [3.8, 4) is 5.75 Å². The molecule has 1 N–H and O–H groups in total. The summed E-state index contributed by atoms with van der Waals surface area (Å²) in [7, 11) is 1.96. The monoisotopic (exact) mass is 305 g/mol. The predicted molar refractivity (Wildman–Crippen MR) is 87.1 cm³/mol. The molecular weight excluding hydrogens is 282 g/mol. The van der Waals surface area contributed by atoms with Gasteiger partial charge in [-0.3, -0.25) is 0 Å². The Hall–Kier alpha value is -1.46. The highest BCUT2D eigenvalue weighted by Crippen LogP contribution is 2.35. The van der Waals surface area contributed by atoms with Crippen molar-refractivity contribution in [2.24, 2.45) is 0 Å². The quantitative estimate of drug-likeness (QED) is 0.883. The summed E-state index contributed by atoms with van der Waals surface area (Å²) >= 11 is 1.45. The standard InChI is InChI=1S/C16H23N3OS/c1-10(2)14-16(21-19-18-14)15(17-5)12-8-6-7-9-13(12)20-11(3)4/h6-11,15,17H,1-5H3. The van der Waals surface area contributed by atoms with Gasteiger partial charge in [0.2, 0.25) is 0 Å². The molecule has 4 nitrogen and oxygen atoms in total. The third-order valence-electron chi connectivity index (χ3n) is 3.23. The van der Waals surface area contributed by atoms with Gasteiger partial charge in [-0.15, -0.1) is 5.10 Å². The molecule has 1 unspecified atom stereocenters. The molecule has 5 heteroatoms. The molecule has 0 saturated carbocycles. The Bertz CT molecular complexity index is 580. The van der Waals surface area contributed by atoms with Crippen LogP contribution in [0, 0.1) is 0 Å². The topological polar surface area (TPSA) is 47.0 Å². The van der Waals surface area contributed by atoms with Crippen LogP contribution in [0.15, 0.2) is 24.3 Å². The number of benzene rings is 1. The van der Waals surface area contributed by atoms with Gasteiger partial charge in [0.05, 0.1) is 22.7 Å². The Morgan fingerprint density at radius 3 is 2.48 bits per heavy atom. The second-order valence-electron chi connectivity index (χ2n) is 5.60. The van der Waals surface area contributed by atoms with E-state index in [4.69, 9.17) is 4.74 Å². The van der Waals surface area contributed by atoms with Crippen molar-refractivity contribution in [2.75, 3.05) is 7.05 Å². The number of hydrogen-bond acceptors (Lipinski definition) is 5. The maximum Gasteiger partial charge on any atom is 0.124 e. The number of para-hydroxylation sites is 1. The third-order valence-corrected chi connectivity index (χ3v) is 4.04. The van der Waals surface area contributed by atoms with Crippen LogP contribution in [0.5, 0.6) is 5.75 Å². The van der Waals surface area contributed by atoms with E-state index in [1.165, 1.54) is 11.5 Å². The summed E-state index contributed by atoms with van der Waals surface area (Å²) in [6.45, 7) is 8.37. The number of nitrogens with zero attached hydrogens (tertiary/aromatic N) is 2. The lowest BCUT2D eigenvalue weighted by Crippen LogP contribution is -2.20. The minimum absolute atomic E-state index is 0.0531. The summed E-state index contributed by atoms with van der Waals surface area (Å²) in [6, 6.07) is 8.21. The molecule has 1 atom stereocenters.